The number of aromatic nitrogens is 3. The zero-order chi connectivity index (χ0) is 15.7. The SMILES string of the molecule is Cn1cccc1-c1[nH][nH]c(=O)c1N=Nc1ccc(Cl)c(Cl)c1. The van der Waals surface area contributed by atoms with E-state index < -0.39 is 0 Å². The fourth-order valence-corrected chi connectivity index (χ4v) is 2.30. The van der Waals surface area contributed by atoms with Crippen molar-refractivity contribution in [3.63, 3.8) is 0 Å². The van der Waals surface area contributed by atoms with Crippen molar-refractivity contribution in [3.05, 3.63) is 56.9 Å². The van der Waals surface area contributed by atoms with Crippen LogP contribution in [0.5, 0.6) is 0 Å². The van der Waals surface area contributed by atoms with Gasteiger partial charge in [-0.15, -0.1) is 5.11 Å². The van der Waals surface area contributed by atoms with Gasteiger partial charge in [-0.05, 0) is 30.3 Å². The summed E-state index contributed by atoms with van der Waals surface area (Å²) in [6, 6.07) is 8.62. The summed E-state index contributed by atoms with van der Waals surface area (Å²) in [4.78, 5) is 11.9. The van der Waals surface area contributed by atoms with Gasteiger partial charge in [0.25, 0.3) is 5.56 Å². The van der Waals surface area contributed by atoms with Crippen LogP contribution in [-0.2, 0) is 7.05 Å². The van der Waals surface area contributed by atoms with Gasteiger partial charge in [0.1, 0.15) is 5.69 Å². The van der Waals surface area contributed by atoms with Crippen molar-refractivity contribution in [1.82, 2.24) is 14.8 Å². The Morgan fingerprint density at radius 3 is 2.59 bits per heavy atom. The molecule has 3 rings (SSSR count). The minimum Gasteiger partial charge on any atom is -0.349 e. The highest BCUT2D eigenvalue weighted by Crippen LogP contribution is 2.29. The monoisotopic (exact) mass is 335 g/mol. The van der Waals surface area contributed by atoms with Gasteiger partial charge in [-0.25, -0.2) is 0 Å². The average molecular weight is 336 g/mol. The molecule has 6 nitrogen and oxygen atoms in total. The summed E-state index contributed by atoms with van der Waals surface area (Å²) in [6.07, 6.45) is 1.88. The van der Waals surface area contributed by atoms with Crippen molar-refractivity contribution >= 4 is 34.6 Å². The van der Waals surface area contributed by atoms with Crippen LogP contribution in [0.2, 0.25) is 10.0 Å². The van der Waals surface area contributed by atoms with Crippen LogP contribution in [0.4, 0.5) is 11.4 Å². The number of azo groups is 1. The van der Waals surface area contributed by atoms with Crippen molar-refractivity contribution in [3.8, 4) is 11.4 Å². The Morgan fingerprint density at radius 1 is 1.09 bits per heavy atom. The van der Waals surface area contributed by atoms with Crippen LogP contribution in [0, 0.1) is 0 Å². The van der Waals surface area contributed by atoms with Gasteiger partial charge >= 0.3 is 0 Å². The number of aryl methyl sites for hydroxylation is 1. The van der Waals surface area contributed by atoms with E-state index in [9.17, 15) is 4.79 Å². The molecule has 0 saturated carbocycles. The molecule has 0 aliphatic carbocycles. The summed E-state index contributed by atoms with van der Waals surface area (Å²) in [5.74, 6) is 0. The molecule has 2 heterocycles. The van der Waals surface area contributed by atoms with E-state index in [0.717, 1.165) is 5.69 Å². The highest BCUT2D eigenvalue weighted by atomic mass is 35.5. The fourth-order valence-electron chi connectivity index (χ4n) is 2.01. The number of rotatable bonds is 3. The Balaban J connectivity index is 2.01. The zero-order valence-electron chi connectivity index (χ0n) is 11.5. The van der Waals surface area contributed by atoms with Gasteiger partial charge in [0, 0.05) is 13.2 Å². The number of aromatic amines is 2. The lowest BCUT2D eigenvalue weighted by molar-refractivity contribution is 0.925. The first kappa shape index (κ1) is 14.6. The van der Waals surface area contributed by atoms with Crippen molar-refractivity contribution < 1.29 is 0 Å². The molecule has 0 fully saturated rings. The quantitative estimate of drug-likeness (QED) is 0.682. The van der Waals surface area contributed by atoms with E-state index in [0.29, 0.717) is 21.4 Å². The molecule has 1 aromatic carbocycles. The average Bonchev–Trinajstić information content (AvgIpc) is 3.06. The molecule has 0 bridgehead atoms. The van der Waals surface area contributed by atoms with E-state index in [4.69, 9.17) is 23.2 Å². The predicted molar refractivity (Wildman–Crippen MR) is 86.5 cm³/mol. The van der Waals surface area contributed by atoms with Gasteiger partial charge in [0.15, 0.2) is 5.69 Å². The molecule has 2 N–H and O–H groups in total. The molecule has 0 amide bonds. The minimum absolute atomic E-state index is 0.202. The summed E-state index contributed by atoms with van der Waals surface area (Å²) in [5.41, 5.74) is 1.75. The van der Waals surface area contributed by atoms with E-state index in [1.165, 1.54) is 0 Å². The van der Waals surface area contributed by atoms with Crippen LogP contribution in [-0.4, -0.2) is 14.8 Å². The Hall–Kier alpha value is -2.31. The second kappa shape index (κ2) is 5.82. The van der Waals surface area contributed by atoms with Gasteiger partial charge in [-0.2, -0.15) is 5.11 Å². The van der Waals surface area contributed by atoms with E-state index in [1.54, 1.807) is 18.2 Å². The third-order valence-electron chi connectivity index (χ3n) is 3.12. The van der Waals surface area contributed by atoms with Crippen LogP contribution in [0.3, 0.4) is 0 Å². The maximum Gasteiger partial charge on any atom is 0.292 e. The molecule has 0 atom stereocenters. The highest BCUT2D eigenvalue weighted by molar-refractivity contribution is 6.42. The van der Waals surface area contributed by atoms with Crippen LogP contribution < -0.4 is 5.56 Å². The van der Waals surface area contributed by atoms with E-state index in [-0.39, 0.29) is 11.2 Å². The third-order valence-corrected chi connectivity index (χ3v) is 3.86. The molecule has 22 heavy (non-hydrogen) atoms. The van der Waals surface area contributed by atoms with Crippen molar-refractivity contribution in [2.75, 3.05) is 0 Å². The van der Waals surface area contributed by atoms with Crippen LogP contribution in [0.25, 0.3) is 11.4 Å². The van der Waals surface area contributed by atoms with E-state index in [2.05, 4.69) is 20.4 Å². The molecule has 0 aliphatic heterocycles. The maximum absolute atomic E-state index is 11.9. The number of halogens is 2. The van der Waals surface area contributed by atoms with Gasteiger partial charge in [-0.3, -0.25) is 15.0 Å². The van der Waals surface area contributed by atoms with Crippen molar-refractivity contribution in [1.29, 1.82) is 0 Å². The normalized spacial score (nSPS) is 11.4. The molecule has 112 valence electrons. The van der Waals surface area contributed by atoms with Crippen LogP contribution >= 0.6 is 23.2 Å². The smallest absolute Gasteiger partial charge is 0.292 e. The maximum atomic E-state index is 11.9. The van der Waals surface area contributed by atoms with Crippen LogP contribution in [0.1, 0.15) is 0 Å². The van der Waals surface area contributed by atoms with E-state index in [1.807, 2.05) is 29.9 Å². The topological polar surface area (TPSA) is 78.3 Å². The first-order chi connectivity index (χ1) is 10.6. The number of benzene rings is 1. The van der Waals surface area contributed by atoms with Crippen molar-refractivity contribution in [2.45, 2.75) is 0 Å². The van der Waals surface area contributed by atoms with Gasteiger partial charge < -0.3 is 4.57 Å². The summed E-state index contributed by atoms with van der Waals surface area (Å²) in [5, 5.41) is 14.2. The second-order valence-corrected chi connectivity index (χ2v) is 5.42. The predicted octanol–water partition coefficient (Wildman–Crippen LogP) is 4.43. The summed E-state index contributed by atoms with van der Waals surface area (Å²) in [6.45, 7) is 0. The molecular formula is C14H11Cl2N5O. The second-order valence-electron chi connectivity index (χ2n) is 4.61. The van der Waals surface area contributed by atoms with E-state index >= 15 is 0 Å². The molecule has 8 heteroatoms. The lowest BCUT2D eigenvalue weighted by Crippen LogP contribution is -1.96. The number of nitrogens with one attached hydrogen (secondary N) is 2. The molecule has 0 spiro atoms. The highest BCUT2D eigenvalue weighted by Gasteiger charge is 2.13. The lowest BCUT2D eigenvalue weighted by atomic mass is 10.3. The largest absolute Gasteiger partial charge is 0.349 e. The molecular weight excluding hydrogens is 325 g/mol. The van der Waals surface area contributed by atoms with Gasteiger partial charge in [0.05, 0.1) is 21.4 Å². The van der Waals surface area contributed by atoms with Gasteiger partial charge in [0.2, 0.25) is 0 Å². The first-order valence-corrected chi connectivity index (χ1v) is 7.11. The first-order valence-electron chi connectivity index (χ1n) is 6.35. The number of hydrogen-bond donors (Lipinski definition) is 2. The summed E-state index contributed by atoms with van der Waals surface area (Å²) in [7, 11) is 1.88. The van der Waals surface area contributed by atoms with Crippen LogP contribution in [0.15, 0.2) is 51.6 Å². The standard InChI is InChI=1S/C14H11Cl2N5O/c1-21-6-2-3-11(21)12-13(14(22)20-18-12)19-17-8-4-5-9(15)10(16)7-8/h2-7H,1H3,(H2,18,20,22). The Bertz CT molecular complexity index is 906. The Labute approximate surface area is 135 Å². The lowest BCUT2D eigenvalue weighted by Gasteiger charge is -2.00. The molecule has 2 aromatic heterocycles. The number of hydrogen-bond acceptors (Lipinski definition) is 3. The Kier molecular flexibility index (Phi) is 3.87. The number of H-pyrrole nitrogens is 2. The zero-order valence-corrected chi connectivity index (χ0v) is 13.0. The molecule has 3 aromatic rings. The Morgan fingerprint density at radius 2 is 1.91 bits per heavy atom. The molecule has 0 aliphatic rings. The summed E-state index contributed by atoms with van der Waals surface area (Å²) >= 11 is 11.8. The molecule has 0 radical (unpaired) electrons. The summed E-state index contributed by atoms with van der Waals surface area (Å²) < 4.78 is 1.87. The molecule has 0 unspecified atom stereocenters. The number of nitrogens with zero attached hydrogens (tertiary/aromatic N) is 3. The fraction of sp³-hybridized carbons (Fsp3) is 0.0714. The minimum atomic E-state index is -0.347. The van der Waals surface area contributed by atoms with Gasteiger partial charge in [-0.1, -0.05) is 23.2 Å². The molecule has 0 saturated heterocycles. The van der Waals surface area contributed by atoms with Crippen molar-refractivity contribution in [2.24, 2.45) is 17.3 Å². The third kappa shape index (κ3) is 2.70.